The van der Waals surface area contributed by atoms with Gasteiger partial charge in [-0.3, -0.25) is 14.5 Å². The van der Waals surface area contributed by atoms with Gasteiger partial charge < -0.3 is 15.6 Å². The van der Waals surface area contributed by atoms with Crippen LogP contribution in [0.25, 0.3) is 17.1 Å². The monoisotopic (exact) mass is 360 g/mol. The van der Waals surface area contributed by atoms with E-state index in [1.165, 1.54) is 12.4 Å². The fourth-order valence-corrected chi connectivity index (χ4v) is 2.51. The van der Waals surface area contributed by atoms with Crippen LogP contribution in [-0.2, 0) is 7.05 Å². The Morgan fingerprint density at radius 1 is 1.11 bits per heavy atom. The van der Waals surface area contributed by atoms with Gasteiger partial charge >= 0.3 is 0 Å². The van der Waals surface area contributed by atoms with Crippen LogP contribution in [0.1, 0.15) is 10.5 Å². The lowest BCUT2D eigenvalue weighted by Gasteiger charge is -2.09. The van der Waals surface area contributed by atoms with Crippen molar-refractivity contribution in [2.24, 2.45) is 7.05 Å². The van der Waals surface area contributed by atoms with E-state index >= 15 is 0 Å². The fourth-order valence-electron chi connectivity index (χ4n) is 2.51. The highest BCUT2D eigenvalue weighted by Crippen LogP contribution is 2.19. The molecule has 0 unspecified atom stereocenters. The summed E-state index contributed by atoms with van der Waals surface area (Å²) in [5.41, 5.74) is 7.92. The van der Waals surface area contributed by atoms with Crippen LogP contribution in [0.4, 0.5) is 11.5 Å². The zero-order valence-electron chi connectivity index (χ0n) is 14.4. The summed E-state index contributed by atoms with van der Waals surface area (Å²) in [6.45, 7) is 0. The highest BCUT2D eigenvalue weighted by Gasteiger charge is 2.13. The minimum Gasteiger partial charge on any atom is -0.396 e. The number of anilines is 2. The van der Waals surface area contributed by atoms with Crippen LogP contribution in [0.15, 0.2) is 61.4 Å². The summed E-state index contributed by atoms with van der Waals surface area (Å²) in [7, 11) is 1.82. The summed E-state index contributed by atoms with van der Waals surface area (Å²) >= 11 is 0. The van der Waals surface area contributed by atoms with Gasteiger partial charge in [0.1, 0.15) is 11.5 Å². The van der Waals surface area contributed by atoms with E-state index in [1.54, 1.807) is 23.0 Å². The van der Waals surface area contributed by atoms with E-state index in [1.807, 2.05) is 42.3 Å². The van der Waals surface area contributed by atoms with E-state index in [9.17, 15) is 4.79 Å². The average Bonchev–Trinajstić information content (AvgIpc) is 3.35. The normalized spacial score (nSPS) is 10.7. The minimum atomic E-state index is -0.441. The Morgan fingerprint density at radius 3 is 2.59 bits per heavy atom. The zero-order chi connectivity index (χ0) is 18.8. The summed E-state index contributed by atoms with van der Waals surface area (Å²) < 4.78 is 3.49. The second-order valence-electron chi connectivity index (χ2n) is 5.84. The fraction of sp³-hybridized carbons (Fsp3) is 0.0556. The Kier molecular flexibility index (Phi) is 4.09. The first-order chi connectivity index (χ1) is 13.1. The zero-order valence-corrected chi connectivity index (χ0v) is 14.4. The number of nitrogens with two attached hydrogens (primary N) is 1. The average molecular weight is 360 g/mol. The molecule has 0 aliphatic rings. The molecule has 0 atom stereocenters. The number of nitrogens with zero attached hydrogens (tertiary/aromatic N) is 6. The predicted molar refractivity (Wildman–Crippen MR) is 100 cm³/mol. The van der Waals surface area contributed by atoms with Crippen LogP contribution in [0, 0.1) is 0 Å². The van der Waals surface area contributed by atoms with Gasteiger partial charge in [-0.1, -0.05) is 0 Å². The lowest BCUT2D eigenvalue weighted by Crippen LogP contribution is -2.16. The highest BCUT2D eigenvalue weighted by atomic mass is 16.2. The van der Waals surface area contributed by atoms with Gasteiger partial charge in [-0.2, -0.15) is 5.10 Å². The molecule has 4 heterocycles. The second-order valence-corrected chi connectivity index (χ2v) is 5.84. The molecule has 4 aromatic rings. The molecule has 0 aromatic carbocycles. The molecule has 0 aliphatic heterocycles. The molecule has 0 radical (unpaired) electrons. The number of amides is 1. The van der Waals surface area contributed by atoms with E-state index < -0.39 is 5.91 Å². The van der Waals surface area contributed by atoms with E-state index in [2.05, 4.69) is 25.4 Å². The Bertz CT molecular complexity index is 1080. The van der Waals surface area contributed by atoms with Crippen LogP contribution in [0.5, 0.6) is 0 Å². The van der Waals surface area contributed by atoms with Gasteiger partial charge in [-0.15, -0.1) is 0 Å². The van der Waals surface area contributed by atoms with Gasteiger partial charge in [0, 0.05) is 31.2 Å². The van der Waals surface area contributed by atoms with Crippen LogP contribution in [0.3, 0.4) is 0 Å². The molecule has 27 heavy (non-hydrogen) atoms. The maximum absolute atomic E-state index is 12.5. The predicted octanol–water partition coefficient (Wildman–Crippen LogP) is 1.90. The van der Waals surface area contributed by atoms with Crippen molar-refractivity contribution in [3.63, 3.8) is 0 Å². The maximum atomic E-state index is 12.5. The first kappa shape index (κ1) is 16.5. The number of pyridine rings is 1. The number of carbonyl (C=O) groups excluding carboxylic acids is 1. The highest BCUT2D eigenvalue weighted by molar-refractivity contribution is 6.03. The summed E-state index contributed by atoms with van der Waals surface area (Å²) in [4.78, 5) is 25.3. The third kappa shape index (κ3) is 3.38. The minimum absolute atomic E-state index is 0.162. The van der Waals surface area contributed by atoms with Crippen molar-refractivity contribution >= 4 is 17.4 Å². The molecule has 0 spiro atoms. The summed E-state index contributed by atoms with van der Waals surface area (Å²) in [5.74, 6) is 0.468. The van der Waals surface area contributed by atoms with Gasteiger partial charge in [0.05, 0.1) is 30.0 Å². The smallest absolute Gasteiger partial charge is 0.277 e. The molecule has 4 rings (SSSR count). The Morgan fingerprint density at radius 2 is 1.93 bits per heavy atom. The molecule has 1 amide bonds. The van der Waals surface area contributed by atoms with Crippen LogP contribution in [0.2, 0.25) is 0 Å². The quantitative estimate of drug-likeness (QED) is 0.574. The third-order valence-corrected chi connectivity index (χ3v) is 3.90. The van der Waals surface area contributed by atoms with Crippen LogP contribution >= 0.6 is 0 Å². The SMILES string of the molecule is Cn1cc(-c2cnc(C(=O)Nc3nc(-n4cccc4)ccc3N)cn2)cn1. The first-order valence-corrected chi connectivity index (χ1v) is 8.12. The van der Waals surface area contributed by atoms with Crippen molar-refractivity contribution in [1.29, 1.82) is 0 Å². The van der Waals surface area contributed by atoms with Crippen molar-refractivity contribution in [1.82, 2.24) is 29.3 Å². The summed E-state index contributed by atoms with van der Waals surface area (Å²) in [6.07, 6.45) is 10.1. The van der Waals surface area contributed by atoms with Crippen molar-refractivity contribution in [2.75, 3.05) is 11.1 Å². The van der Waals surface area contributed by atoms with Crippen molar-refractivity contribution in [3.8, 4) is 17.1 Å². The molecule has 134 valence electrons. The molecule has 0 fully saturated rings. The molecule has 0 aliphatic carbocycles. The number of aryl methyl sites for hydroxylation is 1. The number of hydrogen-bond acceptors (Lipinski definition) is 6. The van der Waals surface area contributed by atoms with E-state index in [-0.39, 0.29) is 11.5 Å². The molecule has 4 aromatic heterocycles. The lowest BCUT2D eigenvalue weighted by molar-refractivity contribution is 0.102. The largest absolute Gasteiger partial charge is 0.396 e. The van der Waals surface area contributed by atoms with Gasteiger partial charge in [-0.25, -0.2) is 9.97 Å². The number of aromatic nitrogens is 6. The molecule has 0 bridgehead atoms. The maximum Gasteiger partial charge on any atom is 0.277 e. The molecule has 9 heteroatoms. The van der Waals surface area contributed by atoms with Crippen LogP contribution in [-0.4, -0.2) is 35.2 Å². The topological polar surface area (TPSA) is 117 Å². The number of carbonyl (C=O) groups is 1. The Hall–Kier alpha value is -4.01. The van der Waals surface area contributed by atoms with Crippen molar-refractivity contribution in [2.45, 2.75) is 0 Å². The molecular weight excluding hydrogens is 344 g/mol. The summed E-state index contributed by atoms with van der Waals surface area (Å²) in [5, 5.41) is 6.78. The molecule has 0 saturated heterocycles. The van der Waals surface area contributed by atoms with E-state index in [4.69, 9.17) is 5.73 Å². The lowest BCUT2D eigenvalue weighted by atomic mass is 10.2. The number of hydrogen-bond donors (Lipinski definition) is 2. The third-order valence-electron chi connectivity index (χ3n) is 3.90. The molecule has 0 saturated carbocycles. The number of nitrogens with one attached hydrogen (secondary N) is 1. The van der Waals surface area contributed by atoms with Crippen LogP contribution < -0.4 is 11.1 Å². The second kappa shape index (κ2) is 6.71. The van der Waals surface area contributed by atoms with Gasteiger partial charge in [0.2, 0.25) is 0 Å². The molecule has 9 nitrogen and oxygen atoms in total. The summed E-state index contributed by atoms with van der Waals surface area (Å²) in [6, 6.07) is 7.23. The van der Waals surface area contributed by atoms with Crippen molar-refractivity contribution < 1.29 is 4.79 Å². The van der Waals surface area contributed by atoms with Gasteiger partial charge in [0.25, 0.3) is 5.91 Å². The number of rotatable bonds is 4. The van der Waals surface area contributed by atoms with Gasteiger partial charge in [-0.05, 0) is 24.3 Å². The van der Waals surface area contributed by atoms with E-state index in [0.29, 0.717) is 17.2 Å². The molecule has 3 N–H and O–H groups in total. The number of nitrogen functional groups attached to an aromatic ring is 1. The van der Waals surface area contributed by atoms with Gasteiger partial charge in [0.15, 0.2) is 5.82 Å². The van der Waals surface area contributed by atoms with Crippen molar-refractivity contribution in [3.05, 3.63) is 67.1 Å². The Balaban J connectivity index is 1.54. The van der Waals surface area contributed by atoms with E-state index in [0.717, 1.165) is 5.56 Å². The standard InChI is InChI=1S/C18H16N8O/c1-25-11-12(8-22-25)14-9-21-15(10-20-14)18(27)24-17-13(19)4-5-16(23-17)26-6-2-3-7-26/h2-11H,19H2,1H3,(H,23,24,27). The first-order valence-electron chi connectivity index (χ1n) is 8.12. The molecular formula is C18H16N8O. The Labute approximate surface area is 154 Å².